The largest absolute Gasteiger partial charge is 0.468 e. The number of hydrogen-bond acceptors (Lipinski definition) is 5. The highest BCUT2D eigenvalue weighted by Gasteiger charge is 2.13. The summed E-state index contributed by atoms with van der Waals surface area (Å²) in [6.07, 6.45) is 8.94. The van der Waals surface area contributed by atoms with Gasteiger partial charge in [0.15, 0.2) is 13.1 Å². The summed E-state index contributed by atoms with van der Waals surface area (Å²) < 4.78 is 22.4. The van der Waals surface area contributed by atoms with Gasteiger partial charge >= 0.3 is 0 Å². The van der Waals surface area contributed by atoms with E-state index < -0.39 is 11.9 Å². The van der Waals surface area contributed by atoms with Gasteiger partial charge in [0, 0.05) is 25.9 Å². The van der Waals surface area contributed by atoms with Crippen molar-refractivity contribution < 1.29 is 24.1 Å². The number of aliphatic hydroxyl groups is 1. The van der Waals surface area contributed by atoms with Crippen LogP contribution < -0.4 is 4.74 Å². The fourth-order valence-electron chi connectivity index (χ4n) is 3.71. The van der Waals surface area contributed by atoms with Gasteiger partial charge in [0.25, 0.3) is 0 Å². The average Bonchev–Trinajstić information content (AvgIpc) is 2.80. The van der Waals surface area contributed by atoms with Crippen LogP contribution in [0.5, 0.6) is 5.75 Å². The second kappa shape index (κ2) is 14.9. The monoisotopic (exact) mass is 470 g/mol. The summed E-state index contributed by atoms with van der Waals surface area (Å²) in [6.45, 7) is 8.99. The molecule has 1 unspecified atom stereocenters. The van der Waals surface area contributed by atoms with Gasteiger partial charge in [0.05, 0.1) is 5.60 Å². The van der Waals surface area contributed by atoms with Crippen molar-refractivity contribution in [1.82, 2.24) is 0 Å². The van der Waals surface area contributed by atoms with Gasteiger partial charge in [-0.15, -0.1) is 0 Å². The van der Waals surface area contributed by atoms with Crippen molar-refractivity contribution in [2.75, 3.05) is 27.1 Å². The Kier molecular flexibility index (Phi) is 12.3. The zero-order valence-electron chi connectivity index (χ0n) is 21.5. The quantitative estimate of drug-likeness (QED) is 0.166. The Balaban J connectivity index is 2.08. The van der Waals surface area contributed by atoms with Crippen LogP contribution in [0.25, 0.3) is 12.2 Å². The molecular formula is C29H42O5. The Labute approximate surface area is 205 Å². The molecule has 0 bridgehead atoms. The van der Waals surface area contributed by atoms with E-state index in [4.69, 9.17) is 18.9 Å². The number of aryl methyl sites for hydroxylation is 1. The van der Waals surface area contributed by atoms with Crippen LogP contribution in [0.15, 0.2) is 42.5 Å². The molecule has 0 saturated carbocycles. The Morgan fingerprint density at radius 1 is 0.941 bits per heavy atom. The predicted molar refractivity (Wildman–Crippen MR) is 139 cm³/mol. The Morgan fingerprint density at radius 2 is 1.74 bits per heavy atom. The summed E-state index contributed by atoms with van der Waals surface area (Å²) >= 11 is 0. The fourth-order valence-corrected chi connectivity index (χ4v) is 3.71. The summed E-state index contributed by atoms with van der Waals surface area (Å²) in [5.41, 5.74) is 3.82. The van der Waals surface area contributed by atoms with Gasteiger partial charge < -0.3 is 24.1 Å². The van der Waals surface area contributed by atoms with E-state index in [2.05, 4.69) is 42.5 Å². The Morgan fingerprint density at radius 3 is 2.44 bits per heavy atom. The Bertz CT molecular complexity index is 869. The number of benzene rings is 2. The van der Waals surface area contributed by atoms with Crippen molar-refractivity contribution in [3.63, 3.8) is 0 Å². The molecule has 0 saturated heterocycles. The smallest absolute Gasteiger partial charge is 0.189 e. The maximum Gasteiger partial charge on any atom is 0.189 e. The average molecular weight is 471 g/mol. The number of hydrogen-bond donors (Lipinski definition) is 1. The third-order valence-corrected chi connectivity index (χ3v) is 5.44. The van der Waals surface area contributed by atoms with E-state index in [0.29, 0.717) is 19.0 Å². The van der Waals surface area contributed by atoms with Crippen LogP contribution in [0, 0.1) is 0 Å². The molecule has 1 N–H and O–H groups in total. The minimum absolute atomic E-state index is 0.202. The number of rotatable bonds is 16. The predicted octanol–water partition coefficient (Wildman–Crippen LogP) is 6.79. The summed E-state index contributed by atoms with van der Waals surface area (Å²) in [4.78, 5) is 0. The van der Waals surface area contributed by atoms with Gasteiger partial charge in [-0.25, -0.2) is 0 Å². The van der Waals surface area contributed by atoms with E-state index in [1.807, 2.05) is 39.8 Å². The maximum absolute atomic E-state index is 9.85. The van der Waals surface area contributed by atoms with E-state index in [1.165, 1.54) is 5.56 Å². The molecule has 0 spiro atoms. The number of unbranched alkanes of at least 4 members (excludes halogenated alkanes) is 2. The summed E-state index contributed by atoms with van der Waals surface area (Å²) in [6, 6.07) is 14.6. The molecule has 0 heterocycles. The molecule has 1 atom stereocenters. The van der Waals surface area contributed by atoms with E-state index in [0.717, 1.165) is 48.8 Å². The molecule has 0 amide bonds. The molecule has 0 fully saturated rings. The third-order valence-electron chi connectivity index (χ3n) is 5.44. The first-order valence-electron chi connectivity index (χ1n) is 12.3. The SMILES string of the molecule is CCOCOc1cc(C=Cc2cccc(CCCCCC(C)(C)O)c2)cc(C(OC)OCC)c1. The molecule has 5 heteroatoms. The molecule has 188 valence electrons. The molecule has 34 heavy (non-hydrogen) atoms. The van der Waals surface area contributed by atoms with Gasteiger partial charge in [0.2, 0.25) is 0 Å². The standard InChI is InChI=1S/C29H42O5/c1-6-32-22-34-27-20-25(19-26(21-27)28(31-5)33-7-2)16-15-24-14-11-13-23(18-24)12-9-8-10-17-29(3,4)30/h11,13-16,18-21,28,30H,6-10,12,17,22H2,1-5H3. The maximum atomic E-state index is 9.85. The highest BCUT2D eigenvalue weighted by atomic mass is 16.7. The molecule has 0 aliphatic carbocycles. The van der Waals surface area contributed by atoms with Crippen molar-refractivity contribution in [3.05, 3.63) is 64.7 Å². The molecular weight excluding hydrogens is 428 g/mol. The van der Waals surface area contributed by atoms with Crippen LogP contribution in [0.3, 0.4) is 0 Å². The number of methoxy groups -OCH3 is 1. The second-order valence-corrected chi connectivity index (χ2v) is 9.06. The van der Waals surface area contributed by atoms with Crippen molar-refractivity contribution in [2.24, 2.45) is 0 Å². The molecule has 2 aromatic carbocycles. The minimum atomic E-state index is -0.568. The van der Waals surface area contributed by atoms with Crippen molar-refractivity contribution in [3.8, 4) is 5.75 Å². The zero-order chi connectivity index (χ0) is 24.8. The summed E-state index contributed by atoms with van der Waals surface area (Å²) in [5.74, 6) is 0.715. The molecule has 5 nitrogen and oxygen atoms in total. The van der Waals surface area contributed by atoms with Crippen LogP contribution in [-0.4, -0.2) is 37.8 Å². The lowest BCUT2D eigenvalue weighted by molar-refractivity contribution is -0.124. The van der Waals surface area contributed by atoms with E-state index >= 15 is 0 Å². The first kappa shape index (κ1) is 28.1. The van der Waals surface area contributed by atoms with Crippen molar-refractivity contribution >= 4 is 12.2 Å². The first-order chi connectivity index (χ1) is 16.3. The van der Waals surface area contributed by atoms with E-state index in [-0.39, 0.29) is 6.79 Å². The first-order valence-corrected chi connectivity index (χ1v) is 12.3. The lowest BCUT2D eigenvalue weighted by Gasteiger charge is -2.17. The normalized spacial score (nSPS) is 12.9. The molecule has 0 aliphatic heterocycles. The minimum Gasteiger partial charge on any atom is -0.468 e. The Hall–Kier alpha value is -2.18. The van der Waals surface area contributed by atoms with Crippen molar-refractivity contribution in [2.45, 2.75) is 71.7 Å². The number of ether oxygens (including phenoxy) is 4. The second-order valence-electron chi connectivity index (χ2n) is 9.06. The fraction of sp³-hybridized carbons (Fsp3) is 0.517. The van der Waals surface area contributed by atoms with Crippen LogP contribution in [0.4, 0.5) is 0 Å². The van der Waals surface area contributed by atoms with Gasteiger partial charge in [-0.1, -0.05) is 49.3 Å². The highest BCUT2D eigenvalue weighted by Crippen LogP contribution is 2.26. The van der Waals surface area contributed by atoms with Crippen LogP contribution in [-0.2, 0) is 20.6 Å². The zero-order valence-corrected chi connectivity index (χ0v) is 21.5. The van der Waals surface area contributed by atoms with Crippen LogP contribution >= 0.6 is 0 Å². The topological polar surface area (TPSA) is 57.2 Å². The summed E-state index contributed by atoms with van der Waals surface area (Å²) in [7, 11) is 1.64. The highest BCUT2D eigenvalue weighted by molar-refractivity contribution is 5.71. The summed E-state index contributed by atoms with van der Waals surface area (Å²) in [5, 5.41) is 9.85. The molecule has 2 rings (SSSR count). The lowest BCUT2D eigenvalue weighted by atomic mass is 9.98. The molecule has 0 aliphatic rings. The third kappa shape index (κ3) is 10.8. The van der Waals surface area contributed by atoms with Gasteiger partial charge in [-0.2, -0.15) is 0 Å². The van der Waals surface area contributed by atoms with Gasteiger partial charge in [-0.3, -0.25) is 0 Å². The van der Waals surface area contributed by atoms with Gasteiger partial charge in [0.1, 0.15) is 5.75 Å². The molecule has 0 aromatic heterocycles. The van der Waals surface area contributed by atoms with Crippen molar-refractivity contribution in [1.29, 1.82) is 0 Å². The van der Waals surface area contributed by atoms with Crippen LogP contribution in [0.1, 0.15) is 81.9 Å². The van der Waals surface area contributed by atoms with Crippen LogP contribution in [0.2, 0.25) is 0 Å². The molecule has 2 aromatic rings. The van der Waals surface area contributed by atoms with E-state index in [1.54, 1.807) is 7.11 Å². The van der Waals surface area contributed by atoms with E-state index in [9.17, 15) is 5.11 Å². The van der Waals surface area contributed by atoms with Gasteiger partial charge in [-0.05, 0) is 81.8 Å². The molecule has 0 radical (unpaired) electrons. The lowest BCUT2D eigenvalue weighted by Crippen LogP contribution is -2.17.